The molecule has 3 aromatic heterocycles. The number of nitrogens with one attached hydrogen (secondary N) is 1. The number of amides is 1. The minimum atomic E-state index is -0.220. The van der Waals surface area contributed by atoms with Crippen molar-refractivity contribution in [3.63, 3.8) is 0 Å². The highest BCUT2D eigenvalue weighted by atomic mass is 16.5. The van der Waals surface area contributed by atoms with Crippen LogP contribution in [0.5, 0.6) is 11.8 Å². The van der Waals surface area contributed by atoms with E-state index < -0.39 is 0 Å². The first-order chi connectivity index (χ1) is 14.4. The lowest BCUT2D eigenvalue weighted by atomic mass is 10.1. The Labute approximate surface area is 174 Å². The summed E-state index contributed by atoms with van der Waals surface area (Å²) in [4.78, 5) is 25.6. The molecular formula is C22H22N6O2. The van der Waals surface area contributed by atoms with E-state index in [-0.39, 0.29) is 18.0 Å². The maximum Gasteiger partial charge on any atom is 0.321 e. The van der Waals surface area contributed by atoms with Crippen LogP contribution in [0.4, 0.5) is 5.69 Å². The van der Waals surface area contributed by atoms with Crippen LogP contribution in [0.15, 0.2) is 48.9 Å². The molecule has 0 bridgehead atoms. The fourth-order valence-electron chi connectivity index (χ4n) is 3.15. The Bertz CT molecular complexity index is 1220. The standard InChI is InChI=1S/C22H22N6O2/c1-13(2)28-20-16(12-25-28)11-18(15(4)26-20)21(29)27-19-7-6-17(10-14(19)3)30-22-23-8-5-9-24-22/h5-13H,1-4H3,(H,27,29). The van der Waals surface area contributed by atoms with Gasteiger partial charge in [0.25, 0.3) is 5.91 Å². The zero-order valence-corrected chi connectivity index (χ0v) is 17.2. The summed E-state index contributed by atoms with van der Waals surface area (Å²) < 4.78 is 7.49. The number of ether oxygens (including phenoxy) is 1. The van der Waals surface area contributed by atoms with Crippen LogP contribution >= 0.6 is 0 Å². The van der Waals surface area contributed by atoms with Gasteiger partial charge in [0.15, 0.2) is 5.65 Å². The molecule has 4 aromatic rings. The Kier molecular flexibility index (Phi) is 5.14. The zero-order valence-electron chi connectivity index (χ0n) is 17.2. The van der Waals surface area contributed by atoms with Crippen molar-refractivity contribution in [3.05, 3.63) is 65.7 Å². The van der Waals surface area contributed by atoms with Gasteiger partial charge < -0.3 is 10.1 Å². The average Bonchev–Trinajstić information content (AvgIpc) is 3.13. The maximum absolute atomic E-state index is 12.9. The molecule has 0 aliphatic carbocycles. The predicted molar refractivity (Wildman–Crippen MR) is 114 cm³/mol. The summed E-state index contributed by atoms with van der Waals surface area (Å²) in [6.07, 6.45) is 4.96. The van der Waals surface area contributed by atoms with Gasteiger partial charge in [-0.3, -0.25) is 4.79 Å². The van der Waals surface area contributed by atoms with Crippen LogP contribution in [-0.4, -0.2) is 30.6 Å². The molecule has 1 aromatic carbocycles. The number of rotatable bonds is 5. The van der Waals surface area contributed by atoms with Crippen LogP contribution in [0.2, 0.25) is 0 Å². The monoisotopic (exact) mass is 402 g/mol. The number of nitrogens with zero attached hydrogens (tertiary/aromatic N) is 5. The second-order valence-corrected chi connectivity index (χ2v) is 7.28. The zero-order chi connectivity index (χ0) is 21.3. The van der Waals surface area contributed by atoms with Crippen LogP contribution in [0.1, 0.15) is 41.5 Å². The summed E-state index contributed by atoms with van der Waals surface area (Å²) in [5, 5.41) is 8.17. The van der Waals surface area contributed by atoms with Crippen molar-refractivity contribution in [2.24, 2.45) is 0 Å². The quantitative estimate of drug-likeness (QED) is 0.529. The van der Waals surface area contributed by atoms with Crippen LogP contribution in [0.3, 0.4) is 0 Å². The first-order valence-corrected chi connectivity index (χ1v) is 9.64. The highest BCUT2D eigenvalue weighted by molar-refractivity contribution is 6.07. The van der Waals surface area contributed by atoms with E-state index in [9.17, 15) is 4.79 Å². The Morgan fingerprint density at radius 2 is 1.90 bits per heavy atom. The molecule has 1 N–H and O–H groups in total. The molecule has 0 aliphatic heterocycles. The maximum atomic E-state index is 12.9. The minimum absolute atomic E-state index is 0.193. The van der Waals surface area contributed by atoms with Crippen LogP contribution in [-0.2, 0) is 0 Å². The van der Waals surface area contributed by atoms with Crippen LogP contribution in [0.25, 0.3) is 11.0 Å². The van der Waals surface area contributed by atoms with Gasteiger partial charge in [0.2, 0.25) is 0 Å². The molecule has 1 amide bonds. The van der Waals surface area contributed by atoms with Crippen molar-refractivity contribution in [1.82, 2.24) is 24.7 Å². The van der Waals surface area contributed by atoms with Crippen LogP contribution < -0.4 is 10.1 Å². The smallest absolute Gasteiger partial charge is 0.321 e. The number of aryl methyl sites for hydroxylation is 2. The summed E-state index contributed by atoms with van der Waals surface area (Å²) in [6, 6.07) is 9.40. The summed E-state index contributed by atoms with van der Waals surface area (Å²) in [6.45, 7) is 7.82. The third-order valence-electron chi connectivity index (χ3n) is 4.69. The Hall–Kier alpha value is -3.81. The number of aromatic nitrogens is 5. The molecule has 0 unspecified atom stereocenters. The fraction of sp³-hybridized carbons (Fsp3) is 0.227. The number of hydrogen-bond donors (Lipinski definition) is 1. The Morgan fingerprint density at radius 1 is 1.13 bits per heavy atom. The lowest BCUT2D eigenvalue weighted by Gasteiger charge is -2.12. The molecule has 4 rings (SSSR count). The number of pyridine rings is 1. The lowest BCUT2D eigenvalue weighted by molar-refractivity contribution is 0.102. The molecule has 8 heteroatoms. The third kappa shape index (κ3) is 3.84. The molecule has 0 saturated heterocycles. The normalized spacial score (nSPS) is 11.1. The molecule has 30 heavy (non-hydrogen) atoms. The van der Waals surface area contributed by atoms with Gasteiger partial charge in [-0.15, -0.1) is 0 Å². The molecule has 3 heterocycles. The van der Waals surface area contributed by atoms with Gasteiger partial charge in [-0.1, -0.05) is 0 Å². The van der Waals surface area contributed by atoms with Crippen molar-refractivity contribution in [2.75, 3.05) is 5.32 Å². The van der Waals surface area contributed by atoms with E-state index in [2.05, 4.69) is 25.4 Å². The van der Waals surface area contributed by atoms with Crippen molar-refractivity contribution in [3.8, 4) is 11.8 Å². The van der Waals surface area contributed by atoms with Gasteiger partial charge in [-0.2, -0.15) is 5.10 Å². The Morgan fingerprint density at radius 3 is 2.60 bits per heavy atom. The van der Waals surface area contributed by atoms with Gasteiger partial charge in [0.1, 0.15) is 5.75 Å². The molecule has 0 saturated carbocycles. The van der Waals surface area contributed by atoms with E-state index in [1.807, 2.05) is 44.5 Å². The van der Waals surface area contributed by atoms with Crippen molar-refractivity contribution in [1.29, 1.82) is 0 Å². The number of benzene rings is 1. The Balaban J connectivity index is 1.55. The number of hydrogen-bond acceptors (Lipinski definition) is 6. The number of carbonyl (C=O) groups is 1. The number of carbonyl (C=O) groups excluding carboxylic acids is 1. The van der Waals surface area contributed by atoms with E-state index >= 15 is 0 Å². The molecular weight excluding hydrogens is 380 g/mol. The van der Waals surface area contributed by atoms with E-state index in [1.54, 1.807) is 36.8 Å². The van der Waals surface area contributed by atoms with Gasteiger partial charge in [0.05, 0.1) is 17.5 Å². The van der Waals surface area contributed by atoms with E-state index in [0.29, 0.717) is 22.7 Å². The van der Waals surface area contributed by atoms with E-state index in [0.717, 1.165) is 16.6 Å². The van der Waals surface area contributed by atoms with Gasteiger partial charge in [-0.25, -0.2) is 19.6 Å². The molecule has 0 spiro atoms. The second-order valence-electron chi connectivity index (χ2n) is 7.28. The second kappa shape index (κ2) is 7.90. The van der Waals surface area contributed by atoms with Gasteiger partial charge in [0, 0.05) is 29.5 Å². The highest BCUT2D eigenvalue weighted by Gasteiger charge is 2.16. The topological polar surface area (TPSA) is 94.8 Å². The van der Waals surface area contributed by atoms with E-state index in [4.69, 9.17) is 4.74 Å². The van der Waals surface area contributed by atoms with Gasteiger partial charge >= 0.3 is 6.01 Å². The average molecular weight is 402 g/mol. The SMILES string of the molecule is Cc1cc(Oc2ncccn2)ccc1NC(=O)c1cc2cnn(C(C)C)c2nc1C. The number of fused-ring (bicyclic) bond motifs is 1. The van der Waals surface area contributed by atoms with Crippen molar-refractivity contribution >= 4 is 22.6 Å². The highest BCUT2D eigenvalue weighted by Crippen LogP contribution is 2.25. The largest absolute Gasteiger partial charge is 0.424 e. The van der Waals surface area contributed by atoms with E-state index in [1.165, 1.54) is 0 Å². The fourth-order valence-corrected chi connectivity index (χ4v) is 3.15. The third-order valence-corrected chi connectivity index (χ3v) is 4.69. The van der Waals surface area contributed by atoms with Gasteiger partial charge in [-0.05, 0) is 63.6 Å². The molecule has 0 radical (unpaired) electrons. The van der Waals surface area contributed by atoms with Crippen LogP contribution in [0, 0.1) is 13.8 Å². The van der Waals surface area contributed by atoms with Crippen molar-refractivity contribution < 1.29 is 9.53 Å². The summed E-state index contributed by atoms with van der Waals surface area (Å²) >= 11 is 0. The molecule has 152 valence electrons. The summed E-state index contributed by atoms with van der Waals surface area (Å²) in [5.41, 5.74) is 3.50. The lowest BCUT2D eigenvalue weighted by Crippen LogP contribution is -2.15. The molecule has 0 aliphatic rings. The predicted octanol–water partition coefficient (Wildman–Crippen LogP) is 4.46. The first-order valence-electron chi connectivity index (χ1n) is 9.64. The summed E-state index contributed by atoms with van der Waals surface area (Å²) in [5.74, 6) is 0.374. The minimum Gasteiger partial charge on any atom is -0.424 e. The molecule has 8 nitrogen and oxygen atoms in total. The molecule has 0 fully saturated rings. The van der Waals surface area contributed by atoms with Crippen molar-refractivity contribution in [2.45, 2.75) is 33.7 Å². The first kappa shape index (κ1) is 19.5. The number of anilines is 1. The summed E-state index contributed by atoms with van der Waals surface area (Å²) in [7, 11) is 0. The molecule has 0 atom stereocenters.